The second-order valence-electron chi connectivity index (χ2n) is 6.32. The first kappa shape index (κ1) is 14.0. The Balaban J connectivity index is 1.91. The molecule has 2 aromatic rings. The molecule has 5 nitrogen and oxygen atoms in total. The van der Waals surface area contributed by atoms with Crippen LogP contribution < -0.4 is 5.32 Å². The van der Waals surface area contributed by atoms with Crippen LogP contribution in [-0.2, 0) is 0 Å². The number of fused-ring (bicyclic) bond motifs is 1. The lowest BCUT2D eigenvalue weighted by Crippen LogP contribution is -2.34. The van der Waals surface area contributed by atoms with Gasteiger partial charge in [-0.25, -0.2) is 9.67 Å². The fourth-order valence-electron chi connectivity index (χ4n) is 2.67. The topological polar surface area (TPSA) is 59.8 Å². The van der Waals surface area contributed by atoms with Gasteiger partial charge in [0.25, 0.3) is 5.91 Å². The number of hydrogen-bond donors (Lipinski definition) is 1. The number of hydrogen-bond acceptors (Lipinski definition) is 3. The van der Waals surface area contributed by atoms with Crippen molar-refractivity contribution in [3.05, 3.63) is 23.5 Å². The van der Waals surface area contributed by atoms with E-state index in [9.17, 15) is 4.79 Å². The van der Waals surface area contributed by atoms with Gasteiger partial charge in [-0.3, -0.25) is 4.79 Å². The van der Waals surface area contributed by atoms with Gasteiger partial charge in [0.15, 0.2) is 5.65 Å². The summed E-state index contributed by atoms with van der Waals surface area (Å²) in [5.41, 5.74) is 2.25. The van der Waals surface area contributed by atoms with Crippen LogP contribution in [0.5, 0.6) is 0 Å². The zero-order chi connectivity index (χ0) is 15.1. The van der Waals surface area contributed by atoms with E-state index in [1.807, 2.05) is 17.7 Å². The predicted molar refractivity (Wildman–Crippen MR) is 82.3 cm³/mol. The molecule has 0 spiro atoms. The highest BCUT2D eigenvalue weighted by atomic mass is 16.1. The van der Waals surface area contributed by atoms with Gasteiger partial charge < -0.3 is 5.32 Å². The van der Waals surface area contributed by atoms with E-state index in [1.54, 1.807) is 6.20 Å². The van der Waals surface area contributed by atoms with Gasteiger partial charge in [0.1, 0.15) is 0 Å². The number of carbonyl (C=O) groups is 1. The molecule has 1 unspecified atom stereocenters. The number of nitrogens with zero attached hydrogens (tertiary/aromatic N) is 3. The largest absolute Gasteiger partial charge is 0.349 e. The van der Waals surface area contributed by atoms with Crippen LogP contribution >= 0.6 is 0 Å². The molecule has 2 aromatic heterocycles. The molecule has 5 heteroatoms. The second kappa shape index (κ2) is 5.13. The molecule has 0 aromatic carbocycles. The maximum absolute atomic E-state index is 12.4. The zero-order valence-corrected chi connectivity index (χ0v) is 13.1. The predicted octanol–water partition coefficient (Wildman–Crippen LogP) is 2.85. The Morgan fingerprint density at radius 3 is 2.71 bits per heavy atom. The van der Waals surface area contributed by atoms with E-state index < -0.39 is 0 Å². The molecule has 1 aliphatic rings. The van der Waals surface area contributed by atoms with Crippen molar-refractivity contribution in [2.75, 3.05) is 0 Å². The van der Waals surface area contributed by atoms with Crippen molar-refractivity contribution in [1.82, 2.24) is 20.1 Å². The SMILES string of the molecule is Cc1nc2c(cnn2C(C)C)cc1C(=O)NC(C)C1CC1. The quantitative estimate of drug-likeness (QED) is 0.940. The summed E-state index contributed by atoms with van der Waals surface area (Å²) >= 11 is 0. The molecule has 21 heavy (non-hydrogen) atoms. The molecular formula is C16H22N4O. The van der Waals surface area contributed by atoms with Gasteiger partial charge in [-0.15, -0.1) is 0 Å². The van der Waals surface area contributed by atoms with Crippen molar-refractivity contribution in [3.8, 4) is 0 Å². The number of aryl methyl sites for hydroxylation is 1. The lowest BCUT2D eigenvalue weighted by molar-refractivity contribution is 0.0935. The summed E-state index contributed by atoms with van der Waals surface area (Å²) in [5.74, 6) is 0.619. The molecule has 0 aliphatic heterocycles. The van der Waals surface area contributed by atoms with Crippen LogP contribution in [0, 0.1) is 12.8 Å². The van der Waals surface area contributed by atoms with Crippen molar-refractivity contribution in [2.24, 2.45) is 5.92 Å². The summed E-state index contributed by atoms with van der Waals surface area (Å²) in [6, 6.07) is 2.40. The standard InChI is InChI=1S/C16H22N4O/c1-9(2)20-15-13(8-17-20)7-14(11(4)18-15)16(21)19-10(3)12-5-6-12/h7-10,12H,5-6H2,1-4H3,(H,19,21). The Bertz CT molecular complexity index is 685. The number of carbonyl (C=O) groups excluding carboxylic acids is 1. The molecule has 0 bridgehead atoms. The van der Waals surface area contributed by atoms with Crippen LogP contribution in [0.1, 0.15) is 55.7 Å². The molecule has 1 saturated carbocycles. The highest BCUT2D eigenvalue weighted by Gasteiger charge is 2.29. The van der Waals surface area contributed by atoms with Gasteiger partial charge in [-0.2, -0.15) is 5.10 Å². The molecule has 3 rings (SSSR count). The van der Waals surface area contributed by atoms with Crippen molar-refractivity contribution in [3.63, 3.8) is 0 Å². The van der Waals surface area contributed by atoms with E-state index >= 15 is 0 Å². The lowest BCUT2D eigenvalue weighted by Gasteiger charge is -2.14. The molecule has 1 fully saturated rings. The van der Waals surface area contributed by atoms with E-state index in [-0.39, 0.29) is 18.0 Å². The van der Waals surface area contributed by atoms with Crippen molar-refractivity contribution >= 4 is 16.9 Å². The molecule has 0 radical (unpaired) electrons. The highest BCUT2D eigenvalue weighted by Crippen LogP contribution is 2.32. The van der Waals surface area contributed by atoms with Gasteiger partial charge >= 0.3 is 0 Å². The molecule has 2 heterocycles. The van der Waals surface area contributed by atoms with Gasteiger partial charge in [-0.1, -0.05) is 0 Å². The van der Waals surface area contributed by atoms with Crippen LogP contribution in [-0.4, -0.2) is 26.7 Å². The average molecular weight is 286 g/mol. The molecule has 0 saturated heterocycles. The Morgan fingerprint density at radius 1 is 1.38 bits per heavy atom. The van der Waals surface area contributed by atoms with E-state index in [2.05, 4.69) is 36.2 Å². The molecule has 1 aliphatic carbocycles. The number of aromatic nitrogens is 3. The number of rotatable bonds is 4. The van der Waals surface area contributed by atoms with Crippen LogP contribution in [0.3, 0.4) is 0 Å². The third-order valence-electron chi connectivity index (χ3n) is 4.18. The molecule has 1 N–H and O–H groups in total. The number of nitrogens with one attached hydrogen (secondary N) is 1. The molecule has 1 amide bonds. The summed E-state index contributed by atoms with van der Waals surface area (Å²) in [6.07, 6.45) is 4.22. The Labute approximate surface area is 124 Å². The van der Waals surface area contributed by atoms with Crippen molar-refractivity contribution in [1.29, 1.82) is 0 Å². The van der Waals surface area contributed by atoms with E-state index in [1.165, 1.54) is 12.8 Å². The first-order valence-electron chi connectivity index (χ1n) is 7.63. The van der Waals surface area contributed by atoms with Crippen LogP contribution in [0.4, 0.5) is 0 Å². The molecule has 112 valence electrons. The summed E-state index contributed by atoms with van der Waals surface area (Å²) in [6.45, 7) is 8.10. The van der Waals surface area contributed by atoms with Gasteiger partial charge in [0, 0.05) is 17.5 Å². The number of pyridine rings is 1. The smallest absolute Gasteiger partial charge is 0.253 e. The Morgan fingerprint density at radius 2 is 2.10 bits per heavy atom. The van der Waals surface area contributed by atoms with Crippen LogP contribution in [0.2, 0.25) is 0 Å². The fourth-order valence-corrected chi connectivity index (χ4v) is 2.67. The van der Waals surface area contributed by atoms with Crippen LogP contribution in [0.15, 0.2) is 12.3 Å². The van der Waals surface area contributed by atoms with Crippen molar-refractivity contribution < 1.29 is 4.79 Å². The second-order valence-corrected chi connectivity index (χ2v) is 6.32. The average Bonchev–Trinajstić information content (AvgIpc) is 3.18. The van der Waals surface area contributed by atoms with Crippen LogP contribution in [0.25, 0.3) is 11.0 Å². The third kappa shape index (κ3) is 2.64. The summed E-state index contributed by atoms with van der Waals surface area (Å²) in [4.78, 5) is 17.0. The normalized spacial score (nSPS) is 16.4. The minimum absolute atomic E-state index is 0.0291. The lowest BCUT2D eigenvalue weighted by atomic mass is 10.1. The maximum atomic E-state index is 12.4. The number of amides is 1. The first-order chi connectivity index (χ1) is 9.97. The summed E-state index contributed by atoms with van der Waals surface area (Å²) in [5, 5.41) is 8.36. The minimum Gasteiger partial charge on any atom is -0.349 e. The fraction of sp³-hybridized carbons (Fsp3) is 0.562. The van der Waals surface area contributed by atoms with Gasteiger partial charge in [0.2, 0.25) is 0 Å². The summed E-state index contributed by atoms with van der Waals surface area (Å²) in [7, 11) is 0. The van der Waals surface area contributed by atoms with E-state index in [0.29, 0.717) is 11.5 Å². The van der Waals surface area contributed by atoms with E-state index in [0.717, 1.165) is 16.7 Å². The monoisotopic (exact) mass is 286 g/mol. The highest BCUT2D eigenvalue weighted by molar-refractivity contribution is 5.98. The van der Waals surface area contributed by atoms with E-state index in [4.69, 9.17) is 0 Å². The maximum Gasteiger partial charge on any atom is 0.253 e. The third-order valence-corrected chi connectivity index (χ3v) is 4.18. The Hall–Kier alpha value is -1.91. The van der Waals surface area contributed by atoms with Gasteiger partial charge in [0.05, 0.1) is 17.5 Å². The first-order valence-corrected chi connectivity index (χ1v) is 7.63. The molecular weight excluding hydrogens is 264 g/mol. The van der Waals surface area contributed by atoms with Crippen molar-refractivity contribution in [2.45, 2.75) is 52.6 Å². The molecule has 1 atom stereocenters. The summed E-state index contributed by atoms with van der Waals surface area (Å²) < 4.78 is 1.89. The zero-order valence-electron chi connectivity index (χ0n) is 13.1. The minimum atomic E-state index is -0.0291. The Kier molecular flexibility index (Phi) is 3.43. The van der Waals surface area contributed by atoms with Gasteiger partial charge in [-0.05, 0) is 52.5 Å².